The Morgan fingerprint density at radius 2 is 1.72 bits per heavy atom. The number of likely N-dealkylation sites (N-methyl/N-ethyl adjacent to an activating group) is 1. The molecule has 0 aliphatic carbocycles. The Labute approximate surface area is 172 Å². The van der Waals surface area contributed by atoms with E-state index >= 15 is 0 Å². The van der Waals surface area contributed by atoms with Gasteiger partial charge in [-0.1, -0.05) is 18.2 Å². The topological polar surface area (TPSA) is 76.2 Å². The minimum absolute atomic E-state index is 0.252. The van der Waals surface area contributed by atoms with Gasteiger partial charge in [0.25, 0.3) is 5.91 Å². The second kappa shape index (κ2) is 9.76. The Morgan fingerprint density at radius 3 is 2.24 bits per heavy atom. The van der Waals surface area contributed by atoms with Crippen LogP contribution in [0, 0.1) is 5.92 Å². The van der Waals surface area contributed by atoms with Gasteiger partial charge < -0.3 is 19.3 Å². The van der Waals surface area contributed by atoms with Gasteiger partial charge in [0.1, 0.15) is 5.60 Å². The number of ether oxygens (including phenoxy) is 2. The summed E-state index contributed by atoms with van der Waals surface area (Å²) in [6.45, 7) is 10.3. The number of esters is 1. The highest BCUT2D eigenvalue weighted by Crippen LogP contribution is 2.22. The molecule has 1 heterocycles. The lowest BCUT2D eigenvalue weighted by Gasteiger charge is -2.33. The van der Waals surface area contributed by atoms with E-state index in [-0.39, 0.29) is 23.9 Å². The molecular weight excluding hydrogens is 372 g/mol. The van der Waals surface area contributed by atoms with Crippen LogP contribution in [0.4, 0.5) is 10.5 Å². The molecule has 0 radical (unpaired) electrons. The van der Waals surface area contributed by atoms with Crippen molar-refractivity contribution in [3.63, 3.8) is 0 Å². The van der Waals surface area contributed by atoms with Gasteiger partial charge in [-0.15, -0.1) is 0 Å². The number of hydrogen-bond acceptors (Lipinski definition) is 5. The van der Waals surface area contributed by atoms with Gasteiger partial charge in [0.05, 0.1) is 5.92 Å². The molecule has 1 atom stereocenters. The van der Waals surface area contributed by atoms with Crippen molar-refractivity contribution in [2.75, 3.05) is 24.5 Å². The molecule has 7 nitrogen and oxygen atoms in total. The van der Waals surface area contributed by atoms with Crippen LogP contribution in [-0.4, -0.2) is 54.2 Å². The molecule has 0 aromatic heterocycles. The van der Waals surface area contributed by atoms with Crippen LogP contribution in [-0.2, 0) is 19.1 Å². The lowest BCUT2D eigenvalue weighted by molar-refractivity contribution is -0.159. The molecule has 1 aromatic rings. The molecule has 0 unspecified atom stereocenters. The summed E-state index contributed by atoms with van der Waals surface area (Å²) in [5, 5.41) is 0. The van der Waals surface area contributed by atoms with Crippen molar-refractivity contribution < 1.29 is 23.9 Å². The molecule has 0 saturated carbocycles. The van der Waals surface area contributed by atoms with E-state index in [0.29, 0.717) is 32.5 Å². The minimum atomic E-state index is -0.869. The van der Waals surface area contributed by atoms with E-state index in [1.54, 1.807) is 16.7 Å². The maximum absolute atomic E-state index is 12.7. The zero-order valence-electron chi connectivity index (χ0n) is 18.0. The number of para-hydroxylation sites is 1. The van der Waals surface area contributed by atoms with Crippen LogP contribution in [0.15, 0.2) is 30.3 Å². The van der Waals surface area contributed by atoms with Crippen LogP contribution in [0.3, 0.4) is 0 Å². The van der Waals surface area contributed by atoms with Crippen molar-refractivity contribution in [3.8, 4) is 0 Å². The average Bonchev–Trinajstić information content (AvgIpc) is 2.68. The molecular formula is C22H32N2O5. The Kier molecular flexibility index (Phi) is 7.65. The fourth-order valence-electron chi connectivity index (χ4n) is 3.24. The SMILES string of the molecule is CCN(C(=O)[C@H](C)OC(=O)C1CCN(C(=O)OC(C)(C)C)CC1)c1ccccc1. The summed E-state index contributed by atoms with van der Waals surface area (Å²) < 4.78 is 10.8. The Hall–Kier alpha value is -2.57. The number of hydrogen-bond donors (Lipinski definition) is 0. The number of benzene rings is 1. The molecule has 160 valence electrons. The predicted molar refractivity (Wildman–Crippen MR) is 111 cm³/mol. The molecule has 2 rings (SSSR count). The molecule has 1 saturated heterocycles. The molecule has 1 aliphatic rings. The second-order valence-electron chi connectivity index (χ2n) is 8.24. The summed E-state index contributed by atoms with van der Waals surface area (Å²) in [6.07, 6.45) is -0.245. The number of piperidine rings is 1. The molecule has 7 heteroatoms. The number of anilines is 1. The zero-order valence-corrected chi connectivity index (χ0v) is 18.0. The summed E-state index contributed by atoms with van der Waals surface area (Å²) >= 11 is 0. The standard InChI is InChI=1S/C22H32N2O5/c1-6-24(18-10-8-7-9-11-18)19(25)16(2)28-20(26)17-12-14-23(15-13-17)21(27)29-22(3,4)5/h7-11,16-17H,6,12-15H2,1-5H3/t16-/m0/s1. The highest BCUT2D eigenvalue weighted by Gasteiger charge is 2.33. The predicted octanol–water partition coefficient (Wildman–Crippen LogP) is 3.62. The third-order valence-corrected chi connectivity index (χ3v) is 4.77. The van der Waals surface area contributed by atoms with Crippen molar-refractivity contribution in [1.29, 1.82) is 0 Å². The summed E-state index contributed by atoms with van der Waals surface area (Å²) in [7, 11) is 0. The van der Waals surface area contributed by atoms with Crippen molar-refractivity contribution in [1.82, 2.24) is 4.90 Å². The Balaban J connectivity index is 1.87. The van der Waals surface area contributed by atoms with Crippen LogP contribution in [0.5, 0.6) is 0 Å². The minimum Gasteiger partial charge on any atom is -0.452 e. The van der Waals surface area contributed by atoms with E-state index < -0.39 is 11.7 Å². The van der Waals surface area contributed by atoms with Gasteiger partial charge in [0.2, 0.25) is 0 Å². The van der Waals surface area contributed by atoms with Crippen LogP contribution in [0.2, 0.25) is 0 Å². The molecule has 1 aromatic carbocycles. The third kappa shape index (κ3) is 6.48. The largest absolute Gasteiger partial charge is 0.452 e. The third-order valence-electron chi connectivity index (χ3n) is 4.77. The second-order valence-corrected chi connectivity index (χ2v) is 8.24. The van der Waals surface area contributed by atoms with Gasteiger partial charge in [0.15, 0.2) is 6.10 Å². The van der Waals surface area contributed by atoms with Gasteiger partial charge in [-0.2, -0.15) is 0 Å². The van der Waals surface area contributed by atoms with Crippen LogP contribution >= 0.6 is 0 Å². The first-order valence-corrected chi connectivity index (χ1v) is 10.2. The number of rotatable bonds is 5. The maximum Gasteiger partial charge on any atom is 0.410 e. The molecule has 0 bridgehead atoms. The fraction of sp³-hybridized carbons (Fsp3) is 0.591. The van der Waals surface area contributed by atoms with Crippen molar-refractivity contribution >= 4 is 23.7 Å². The highest BCUT2D eigenvalue weighted by molar-refractivity contribution is 5.97. The average molecular weight is 405 g/mol. The highest BCUT2D eigenvalue weighted by atomic mass is 16.6. The normalized spacial score (nSPS) is 16.1. The van der Waals surface area contributed by atoms with Crippen molar-refractivity contribution in [3.05, 3.63) is 30.3 Å². The van der Waals surface area contributed by atoms with Gasteiger partial charge in [-0.3, -0.25) is 9.59 Å². The monoisotopic (exact) mass is 404 g/mol. The summed E-state index contributed by atoms with van der Waals surface area (Å²) in [5.41, 5.74) is 0.223. The first-order valence-electron chi connectivity index (χ1n) is 10.2. The smallest absolute Gasteiger partial charge is 0.410 e. The van der Waals surface area contributed by atoms with Crippen molar-refractivity contribution in [2.24, 2.45) is 5.92 Å². The summed E-state index contributed by atoms with van der Waals surface area (Å²) in [6, 6.07) is 9.31. The molecule has 2 amide bonds. The van der Waals surface area contributed by atoms with E-state index in [0.717, 1.165) is 5.69 Å². The summed E-state index contributed by atoms with van der Waals surface area (Å²) in [4.78, 5) is 40.6. The van der Waals surface area contributed by atoms with E-state index in [1.807, 2.05) is 58.0 Å². The fourth-order valence-corrected chi connectivity index (χ4v) is 3.24. The van der Waals surface area contributed by atoms with E-state index in [1.165, 1.54) is 0 Å². The van der Waals surface area contributed by atoms with Crippen molar-refractivity contribution in [2.45, 2.75) is 59.2 Å². The quantitative estimate of drug-likeness (QED) is 0.701. The molecule has 1 aliphatic heterocycles. The molecule has 0 spiro atoms. The van der Waals surface area contributed by atoms with Gasteiger partial charge in [-0.05, 0) is 59.6 Å². The van der Waals surface area contributed by atoms with Crippen LogP contribution < -0.4 is 4.90 Å². The van der Waals surface area contributed by atoms with Gasteiger partial charge >= 0.3 is 12.1 Å². The van der Waals surface area contributed by atoms with Crippen LogP contribution in [0.25, 0.3) is 0 Å². The number of amides is 2. The van der Waals surface area contributed by atoms with Gasteiger partial charge in [-0.25, -0.2) is 4.79 Å². The number of nitrogens with zero attached hydrogens (tertiary/aromatic N) is 2. The zero-order chi connectivity index (χ0) is 21.6. The Morgan fingerprint density at radius 1 is 1.14 bits per heavy atom. The number of carbonyl (C=O) groups excluding carboxylic acids is 3. The van der Waals surface area contributed by atoms with E-state index in [4.69, 9.17) is 9.47 Å². The molecule has 29 heavy (non-hydrogen) atoms. The number of likely N-dealkylation sites (tertiary alicyclic amines) is 1. The lowest BCUT2D eigenvalue weighted by Crippen LogP contribution is -2.44. The van der Waals surface area contributed by atoms with E-state index in [9.17, 15) is 14.4 Å². The maximum atomic E-state index is 12.7. The first-order chi connectivity index (χ1) is 13.6. The number of carbonyl (C=O) groups is 3. The first kappa shape index (κ1) is 22.7. The molecule has 0 N–H and O–H groups in total. The molecule has 1 fully saturated rings. The summed E-state index contributed by atoms with van der Waals surface area (Å²) in [5.74, 6) is -0.965. The van der Waals surface area contributed by atoms with E-state index in [2.05, 4.69) is 0 Å². The lowest BCUT2D eigenvalue weighted by atomic mass is 9.97. The van der Waals surface area contributed by atoms with Gasteiger partial charge in [0, 0.05) is 25.3 Å². The Bertz CT molecular complexity index is 706. The van der Waals surface area contributed by atoms with Crippen LogP contribution in [0.1, 0.15) is 47.5 Å².